The Labute approximate surface area is 60.9 Å². The van der Waals surface area contributed by atoms with Crippen LogP contribution in [0.2, 0.25) is 0 Å². The summed E-state index contributed by atoms with van der Waals surface area (Å²) >= 11 is 0. The zero-order chi connectivity index (χ0) is 6.97. The molecule has 0 aliphatic carbocycles. The highest BCUT2D eigenvalue weighted by atomic mass is 15.1. The molecule has 0 radical (unpaired) electrons. The third kappa shape index (κ3) is 0.838. The van der Waals surface area contributed by atoms with Crippen molar-refractivity contribution in [2.75, 3.05) is 0 Å². The van der Waals surface area contributed by atoms with E-state index in [0.717, 1.165) is 18.9 Å². The first-order valence-corrected chi connectivity index (χ1v) is 3.86. The lowest BCUT2D eigenvalue weighted by molar-refractivity contribution is 0.394. The average Bonchev–Trinajstić information content (AvgIpc) is 2.33. The van der Waals surface area contributed by atoms with Crippen LogP contribution in [-0.4, -0.2) is 9.55 Å². The molecular weight excluding hydrogens is 124 g/mol. The van der Waals surface area contributed by atoms with Crippen LogP contribution < -0.4 is 0 Å². The Morgan fingerprint density at radius 2 is 2.60 bits per heavy atom. The molecule has 2 heteroatoms. The fraction of sp³-hybridized carbons (Fsp3) is 0.625. The molecule has 10 heavy (non-hydrogen) atoms. The number of hydrogen-bond acceptors (Lipinski definition) is 1. The molecule has 0 bridgehead atoms. The summed E-state index contributed by atoms with van der Waals surface area (Å²) in [5, 5.41) is 0. The van der Waals surface area contributed by atoms with E-state index in [-0.39, 0.29) is 0 Å². The third-order valence-corrected chi connectivity index (χ3v) is 2.17. The van der Waals surface area contributed by atoms with Gasteiger partial charge in [-0.2, -0.15) is 0 Å². The van der Waals surface area contributed by atoms with Crippen LogP contribution in [0.15, 0.2) is 12.4 Å². The quantitative estimate of drug-likeness (QED) is 0.528. The van der Waals surface area contributed by atoms with Gasteiger partial charge >= 0.3 is 0 Å². The molecule has 1 aliphatic heterocycles. The van der Waals surface area contributed by atoms with Gasteiger partial charge in [0.15, 0.2) is 0 Å². The fourth-order valence-corrected chi connectivity index (χ4v) is 1.54. The molecule has 0 amide bonds. The summed E-state index contributed by atoms with van der Waals surface area (Å²) in [6, 6.07) is 0. The van der Waals surface area contributed by atoms with Crippen molar-refractivity contribution >= 4 is 0 Å². The molecule has 1 aliphatic rings. The number of imidazole rings is 1. The van der Waals surface area contributed by atoms with E-state index in [4.69, 9.17) is 0 Å². The summed E-state index contributed by atoms with van der Waals surface area (Å²) in [6.07, 6.45) is 6.43. The molecule has 1 aromatic heterocycles. The summed E-state index contributed by atoms with van der Waals surface area (Å²) < 4.78 is 2.26. The van der Waals surface area contributed by atoms with Crippen LogP contribution in [0.5, 0.6) is 0 Å². The van der Waals surface area contributed by atoms with Crippen molar-refractivity contribution < 1.29 is 0 Å². The summed E-state index contributed by atoms with van der Waals surface area (Å²) in [6.45, 7) is 3.46. The minimum Gasteiger partial charge on any atom is -0.335 e. The zero-order valence-electron chi connectivity index (χ0n) is 6.25. The van der Waals surface area contributed by atoms with Crippen molar-refractivity contribution in [3.63, 3.8) is 0 Å². The Morgan fingerprint density at radius 1 is 1.70 bits per heavy atom. The van der Waals surface area contributed by atoms with E-state index in [1.165, 1.54) is 12.2 Å². The van der Waals surface area contributed by atoms with Gasteiger partial charge in [-0.25, -0.2) is 4.98 Å². The number of rotatable bonds is 0. The molecule has 0 fully saturated rings. The maximum absolute atomic E-state index is 4.25. The van der Waals surface area contributed by atoms with Crippen LogP contribution in [0.4, 0.5) is 0 Å². The molecule has 2 rings (SSSR count). The highest BCUT2D eigenvalue weighted by Gasteiger charge is 2.13. The normalized spacial score (nSPS) is 24.3. The average molecular weight is 136 g/mol. The maximum Gasteiger partial charge on any atom is 0.108 e. The molecule has 54 valence electrons. The minimum absolute atomic E-state index is 0.835. The Bertz CT molecular complexity index is 227. The lowest BCUT2D eigenvalue weighted by Gasteiger charge is -2.19. The number of aryl methyl sites for hydroxylation is 1. The van der Waals surface area contributed by atoms with Crippen LogP contribution in [-0.2, 0) is 13.0 Å². The molecule has 0 saturated heterocycles. The summed E-state index contributed by atoms with van der Waals surface area (Å²) in [4.78, 5) is 4.25. The van der Waals surface area contributed by atoms with E-state index >= 15 is 0 Å². The van der Waals surface area contributed by atoms with Gasteiger partial charge in [0.05, 0.1) is 0 Å². The summed E-state index contributed by atoms with van der Waals surface area (Å²) in [5.74, 6) is 2.10. The standard InChI is InChI=1S/C8H12N2/c1-7-2-3-8-9-4-5-10(8)6-7/h4-5,7H,2-3,6H2,1H3/t7-/m1/s1. The second-order valence-electron chi connectivity index (χ2n) is 3.14. The van der Waals surface area contributed by atoms with E-state index in [1.54, 1.807) is 0 Å². The fourth-order valence-electron chi connectivity index (χ4n) is 1.54. The second kappa shape index (κ2) is 2.11. The highest BCUT2D eigenvalue weighted by molar-refractivity contribution is 4.95. The zero-order valence-corrected chi connectivity index (χ0v) is 6.25. The monoisotopic (exact) mass is 136 g/mol. The molecule has 0 unspecified atom stereocenters. The first-order valence-electron chi connectivity index (χ1n) is 3.86. The molecule has 0 spiro atoms. The summed E-state index contributed by atoms with van der Waals surface area (Å²) in [5.41, 5.74) is 0. The van der Waals surface area contributed by atoms with Crippen molar-refractivity contribution in [1.29, 1.82) is 0 Å². The van der Waals surface area contributed by atoms with Crippen LogP contribution in [0, 0.1) is 5.92 Å². The smallest absolute Gasteiger partial charge is 0.108 e. The van der Waals surface area contributed by atoms with Gasteiger partial charge in [0, 0.05) is 25.4 Å². The minimum atomic E-state index is 0.835. The van der Waals surface area contributed by atoms with Gasteiger partial charge in [0.25, 0.3) is 0 Å². The molecule has 2 nitrogen and oxygen atoms in total. The molecule has 1 atom stereocenters. The van der Waals surface area contributed by atoms with Crippen molar-refractivity contribution in [2.45, 2.75) is 26.3 Å². The van der Waals surface area contributed by atoms with Gasteiger partial charge in [0.2, 0.25) is 0 Å². The lowest BCUT2D eigenvalue weighted by Crippen LogP contribution is -2.17. The van der Waals surface area contributed by atoms with E-state index in [9.17, 15) is 0 Å². The topological polar surface area (TPSA) is 17.8 Å². The maximum atomic E-state index is 4.25. The van der Waals surface area contributed by atoms with E-state index < -0.39 is 0 Å². The van der Waals surface area contributed by atoms with Crippen molar-refractivity contribution in [1.82, 2.24) is 9.55 Å². The van der Waals surface area contributed by atoms with Gasteiger partial charge < -0.3 is 4.57 Å². The number of hydrogen-bond donors (Lipinski definition) is 0. The molecule has 2 heterocycles. The molecular formula is C8H12N2. The van der Waals surface area contributed by atoms with Crippen LogP contribution >= 0.6 is 0 Å². The third-order valence-electron chi connectivity index (χ3n) is 2.17. The van der Waals surface area contributed by atoms with Crippen LogP contribution in [0.25, 0.3) is 0 Å². The Balaban J connectivity index is 2.30. The van der Waals surface area contributed by atoms with Gasteiger partial charge in [-0.1, -0.05) is 6.92 Å². The number of fused-ring (bicyclic) bond motifs is 1. The SMILES string of the molecule is C[C@@H]1CCc2nccn2C1. The van der Waals surface area contributed by atoms with E-state index in [1.807, 2.05) is 6.20 Å². The summed E-state index contributed by atoms with van der Waals surface area (Å²) in [7, 11) is 0. The van der Waals surface area contributed by atoms with Crippen molar-refractivity contribution in [2.24, 2.45) is 5.92 Å². The first-order chi connectivity index (χ1) is 4.86. The number of nitrogens with zero attached hydrogens (tertiary/aromatic N) is 2. The second-order valence-corrected chi connectivity index (χ2v) is 3.14. The Kier molecular flexibility index (Phi) is 1.26. The largest absolute Gasteiger partial charge is 0.335 e. The molecule has 1 aromatic rings. The predicted molar refractivity (Wildman–Crippen MR) is 39.7 cm³/mol. The molecule has 0 N–H and O–H groups in total. The highest BCUT2D eigenvalue weighted by Crippen LogP contribution is 2.17. The molecule has 0 saturated carbocycles. The van der Waals surface area contributed by atoms with Gasteiger partial charge in [-0.3, -0.25) is 0 Å². The predicted octanol–water partition coefficient (Wildman–Crippen LogP) is 1.47. The molecule has 0 aromatic carbocycles. The number of aromatic nitrogens is 2. The van der Waals surface area contributed by atoms with Gasteiger partial charge in [0.1, 0.15) is 5.82 Å². The van der Waals surface area contributed by atoms with Crippen molar-refractivity contribution in [3.05, 3.63) is 18.2 Å². The Hall–Kier alpha value is -0.790. The van der Waals surface area contributed by atoms with E-state index in [0.29, 0.717) is 0 Å². The van der Waals surface area contributed by atoms with E-state index in [2.05, 4.69) is 22.7 Å². The van der Waals surface area contributed by atoms with Gasteiger partial charge in [-0.05, 0) is 12.3 Å². The van der Waals surface area contributed by atoms with Crippen molar-refractivity contribution in [3.8, 4) is 0 Å². The first kappa shape index (κ1) is 5.96. The van der Waals surface area contributed by atoms with Crippen LogP contribution in [0.3, 0.4) is 0 Å². The Morgan fingerprint density at radius 3 is 3.50 bits per heavy atom. The van der Waals surface area contributed by atoms with Gasteiger partial charge in [-0.15, -0.1) is 0 Å². The lowest BCUT2D eigenvalue weighted by atomic mass is 10.0. The van der Waals surface area contributed by atoms with Crippen LogP contribution in [0.1, 0.15) is 19.2 Å².